The Hall–Kier alpha value is -0.870. The zero-order valence-corrected chi connectivity index (χ0v) is 9.58. The van der Waals surface area contributed by atoms with Gasteiger partial charge in [-0.3, -0.25) is 4.68 Å². The maximum Gasteiger partial charge on any atom is 0.135 e. The van der Waals surface area contributed by atoms with Gasteiger partial charge in [-0.05, 0) is 46.6 Å². The van der Waals surface area contributed by atoms with E-state index >= 15 is 0 Å². The molecule has 0 fully saturated rings. The van der Waals surface area contributed by atoms with Crippen molar-refractivity contribution in [2.24, 2.45) is 12.8 Å². The number of aromatic nitrogens is 2. The molecule has 0 aliphatic carbocycles. The summed E-state index contributed by atoms with van der Waals surface area (Å²) in [6.45, 7) is 0.685. The summed E-state index contributed by atoms with van der Waals surface area (Å²) in [5.41, 5.74) is 7.92. The number of aryl methyl sites for hydroxylation is 1. The summed E-state index contributed by atoms with van der Waals surface area (Å²) >= 11 is 3.42. The zero-order chi connectivity index (χ0) is 10.1. The van der Waals surface area contributed by atoms with E-state index in [1.54, 1.807) is 0 Å². The number of nitrogens with two attached hydrogens (primary N) is 1. The van der Waals surface area contributed by atoms with Gasteiger partial charge in [0.15, 0.2) is 0 Å². The molecule has 1 aromatic heterocycles. The molecular formula is C10H12BrN3. The van der Waals surface area contributed by atoms with Gasteiger partial charge in [-0.25, -0.2) is 0 Å². The van der Waals surface area contributed by atoms with Gasteiger partial charge in [-0.2, -0.15) is 5.10 Å². The third-order valence-corrected chi connectivity index (χ3v) is 2.89. The molecule has 0 radical (unpaired) electrons. The van der Waals surface area contributed by atoms with E-state index in [9.17, 15) is 0 Å². The topological polar surface area (TPSA) is 43.8 Å². The zero-order valence-electron chi connectivity index (χ0n) is 8.00. The van der Waals surface area contributed by atoms with E-state index in [2.05, 4.69) is 39.2 Å². The fraction of sp³-hybridized carbons (Fsp3) is 0.300. The van der Waals surface area contributed by atoms with Gasteiger partial charge < -0.3 is 5.73 Å². The molecule has 2 rings (SSSR count). The van der Waals surface area contributed by atoms with Crippen LogP contribution in [0.2, 0.25) is 0 Å². The third kappa shape index (κ3) is 1.55. The molecule has 0 saturated carbocycles. The van der Waals surface area contributed by atoms with Crippen molar-refractivity contribution in [1.29, 1.82) is 0 Å². The van der Waals surface area contributed by atoms with Crippen molar-refractivity contribution in [3.63, 3.8) is 0 Å². The molecule has 2 aromatic rings. The van der Waals surface area contributed by atoms with E-state index < -0.39 is 0 Å². The predicted molar refractivity (Wildman–Crippen MR) is 61.2 cm³/mol. The van der Waals surface area contributed by atoms with Crippen molar-refractivity contribution >= 4 is 26.8 Å². The first kappa shape index (κ1) is 9.68. The number of rotatable bonds is 2. The van der Waals surface area contributed by atoms with Crippen LogP contribution in [0, 0.1) is 0 Å². The van der Waals surface area contributed by atoms with Crippen LogP contribution >= 0.6 is 15.9 Å². The predicted octanol–water partition coefficient (Wildman–Crippen LogP) is 1.84. The number of benzene rings is 1. The van der Waals surface area contributed by atoms with E-state index in [1.807, 2.05) is 11.7 Å². The van der Waals surface area contributed by atoms with Crippen LogP contribution in [0.15, 0.2) is 22.8 Å². The third-order valence-electron chi connectivity index (χ3n) is 2.30. The van der Waals surface area contributed by atoms with Gasteiger partial charge in [0.1, 0.15) is 4.60 Å². The van der Waals surface area contributed by atoms with Crippen LogP contribution in [0.25, 0.3) is 10.9 Å². The highest BCUT2D eigenvalue weighted by molar-refractivity contribution is 9.10. The average Bonchev–Trinajstić information content (AvgIpc) is 2.43. The van der Waals surface area contributed by atoms with Crippen molar-refractivity contribution in [2.75, 3.05) is 6.54 Å². The molecule has 1 aromatic carbocycles. The van der Waals surface area contributed by atoms with Crippen LogP contribution in [0.3, 0.4) is 0 Å². The normalized spacial score (nSPS) is 11.1. The Bertz CT molecular complexity index is 462. The minimum absolute atomic E-state index is 0.685. The Kier molecular flexibility index (Phi) is 2.56. The summed E-state index contributed by atoms with van der Waals surface area (Å²) in [7, 11) is 1.94. The average molecular weight is 254 g/mol. The van der Waals surface area contributed by atoms with Gasteiger partial charge in [-0.1, -0.05) is 6.07 Å². The second-order valence-corrected chi connectivity index (χ2v) is 4.06. The molecule has 4 heteroatoms. The van der Waals surface area contributed by atoms with Gasteiger partial charge in [0.2, 0.25) is 0 Å². The summed E-state index contributed by atoms with van der Waals surface area (Å²) in [6, 6.07) is 6.32. The first-order valence-electron chi connectivity index (χ1n) is 4.53. The standard InChI is InChI=1S/C10H12BrN3/c1-14-9-6-7(4-5-12)2-3-8(9)10(11)13-14/h2-3,6H,4-5,12H2,1H3. The van der Waals surface area contributed by atoms with E-state index in [1.165, 1.54) is 5.56 Å². The molecule has 0 aliphatic rings. The van der Waals surface area contributed by atoms with Crippen LogP contribution in [0.1, 0.15) is 5.56 Å². The van der Waals surface area contributed by atoms with Crippen molar-refractivity contribution in [1.82, 2.24) is 9.78 Å². The lowest BCUT2D eigenvalue weighted by Gasteiger charge is -1.99. The molecule has 0 bridgehead atoms. The summed E-state index contributed by atoms with van der Waals surface area (Å²) in [6.07, 6.45) is 0.915. The van der Waals surface area contributed by atoms with Gasteiger partial charge in [0.05, 0.1) is 5.52 Å². The Balaban J connectivity index is 2.59. The molecule has 0 spiro atoms. The molecule has 0 aliphatic heterocycles. The second-order valence-electron chi connectivity index (χ2n) is 3.30. The van der Waals surface area contributed by atoms with Crippen LogP contribution in [0.4, 0.5) is 0 Å². The van der Waals surface area contributed by atoms with E-state index in [-0.39, 0.29) is 0 Å². The molecule has 0 amide bonds. The Morgan fingerprint density at radius 1 is 1.50 bits per heavy atom. The SMILES string of the molecule is Cn1nc(Br)c2ccc(CCN)cc21. The highest BCUT2D eigenvalue weighted by Crippen LogP contribution is 2.23. The summed E-state index contributed by atoms with van der Waals surface area (Å²) in [5.74, 6) is 0. The van der Waals surface area contributed by atoms with Crippen LogP contribution in [0.5, 0.6) is 0 Å². The highest BCUT2D eigenvalue weighted by atomic mass is 79.9. The minimum atomic E-state index is 0.685. The first-order chi connectivity index (χ1) is 6.72. The van der Waals surface area contributed by atoms with E-state index in [4.69, 9.17) is 5.73 Å². The van der Waals surface area contributed by atoms with Crippen LogP contribution < -0.4 is 5.73 Å². The van der Waals surface area contributed by atoms with Crippen molar-refractivity contribution in [3.05, 3.63) is 28.4 Å². The fourth-order valence-corrected chi connectivity index (χ4v) is 2.15. The quantitative estimate of drug-likeness (QED) is 0.888. The number of hydrogen-bond acceptors (Lipinski definition) is 2. The lowest BCUT2D eigenvalue weighted by molar-refractivity contribution is 0.787. The van der Waals surface area contributed by atoms with Gasteiger partial charge in [0, 0.05) is 12.4 Å². The number of halogens is 1. The molecule has 74 valence electrons. The lowest BCUT2D eigenvalue weighted by Crippen LogP contribution is -2.02. The second kappa shape index (κ2) is 3.71. The largest absolute Gasteiger partial charge is 0.330 e. The Morgan fingerprint density at radius 2 is 2.29 bits per heavy atom. The lowest BCUT2D eigenvalue weighted by atomic mass is 10.1. The van der Waals surface area contributed by atoms with Gasteiger partial charge >= 0.3 is 0 Å². The van der Waals surface area contributed by atoms with Gasteiger partial charge in [-0.15, -0.1) is 0 Å². The summed E-state index contributed by atoms with van der Waals surface area (Å²) < 4.78 is 2.77. The van der Waals surface area contributed by atoms with E-state index in [0.717, 1.165) is 21.9 Å². The van der Waals surface area contributed by atoms with Crippen molar-refractivity contribution in [3.8, 4) is 0 Å². The maximum atomic E-state index is 5.52. The maximum absolute atomic E-state index is 5.52. The molecule has 1 heterocycles. The smallest absolute Gasteiger partial charge is 0.135 e. The van der Waals surface area contributed by atoms with Crippen LogP contribution in [-0.2, 0) is 13.5 Å². The van der Waals surface area contributed by atoms with E-state index in [0.29, 0.717) is 6.54 Å². The summed E-state index contributed by atoms with van der Waals surface area (Å²) in [5, 5.41) is 5.44. The molecule has 0 atom stereocenters. The minimum Gasteiger partial charge on any atom is -0.330 e. The molecule has 2 N–H and O–H groups in total. The molecule has 3 nitrogen and oxygen atoms in total. The number of hydrogen-bond donors (Lipinski definition) is 1. The molecule has 0 unspecified atom stereocenters. The monoisotopic (exact) mass is 253 g/mol. The van der Waals surface area contributed by atoms with Crippen LogP contribution in [-0.4, -0.2) is 16.3 Å². The van der Waals surface area contributed by atoms with Crippen molar-refractivity contribution in [2.45, 2.75) is 6.42 Å². The van der Waals surface area contributed by atoms with Crippen molar-refractivity contribution < 1.29 is 0 Å². The Morgan fingerprint density at radius 3 is 3.00 bits per heavy atom. The summed E-state index contributed by atoms with van der Waals surface area (Å²) in [4.78, 5) is 0. The fourth-order valence-electron chi connectivity index (χ4n) is 1.58. The highest BCUT2D eigenvalue weighted by Gasteiger charge is 2.05. The number of nitrogens with zero attached hydrogens (tertiary/aromatic N) is 2. The first-order valence-corrected chi connectivity index (χ1v) is 5.33. The molecular weight excluding hydrogens is 242 g/mol. The molecule has 0 saturated heterocycles. The number of fused-ring (bicyclic) bond motifs is 1. The van der Waals surface area contributed by atoms with Gasteiger partial charge in [0.25, 0.3) is 0 Å². The Labute approximate surface area is 91.0 Å². The molecule has 14 heavy (non-hydrogen) atoms.